The number of carbonyl (C=O) groups is 1. The Balaban J connectivity index is 2.21. The first-order chi connectivity index (χ1) is 10.1. The molecule has 0 spiro atoms. The van der Waals surface area contributed by atoms with Crippen molar-refractivity contribution in [2.24, 2.45) is 0 Å². The van der Waals surface area contributed by atoms with Crippen LogP contribution >= 0.6 is 0 Å². The van der Waals surface area contributed by atoms with Crippen molar-refractivity contribution in [2.45, 2.75) is 6.92 Å². The van der Waals surface area contributed by atoms with Gasteiger partial charge in [0, 0.05) is 17.8 Å². The molecular formula is C16H12N2O3. The fraction of sp³-hybridized carbons (Fsp3) is 0.0625. The van der Waals surface area contributed by atoms with Crippen LogP contribution in [0.3, 0.4) is 0 Å². The normalized spacial score (nSPS) is 10.7. The summed E-state index contributed by atoms with van der Waals surface area (Å²) in [5, 5.41) is 11.5. The van der Waals surface area contributed by atoms with Crippen LogP contribution in [0.2, 0.25) is 0 Å². The molecule has 21 heavy (non-hydrogen) atoms. The number of benzene rings is 2. The fourth-order valence-electron chi connectivity index (χ4n) is 2.44. The Kier molecular flexibility index (Phi) is 3.02. The first kappa shape index (κ1) is 13.1. The number of nitro groups is 1. The van der Waals surface area contributed by atoms with Crippen molar-refractivity contribution >= 4 is 22.4 Å². The number of nitrogens with zero attached hydrogens (tertiary/aromatic N) is 1. The molecular weight excluding hydrogens is 268 g/mol. The van der Waals surface area contributed by atoms with Crippen molar-refractivity contribution in [3.8, 4) is 0 Å². The van der Waals surface area contributed by atoms with E-state index in [9.17, 15) is 14.9 Å². The van der Waals surface area contributed by atoms with Crippen LogP contribution in [0, 0.1) is 17.0 Å². The summed E-state index contributed by atoms with van der Waals surface area (Å²) in [6.45, 7) is 1.90. The SMILES string of the molecule is Cc1cccc(C(=O)c2c[nH]c3cccc([N+](=O)[O-])c23)c1. The van der Waals surface area contributed by atoms with Gasteiger partial charge >= 0.3 is 0 Å². The van der Waals surface area contributed by atoms with E-state index < -0.39 is 4.92 Å². The molecule has 3 aromatic rings. The molecule has 5 nitrogen and oxygen atoms in total. The zero-order valence-electron chi connectivity index (χ0n) is 11.3. The molecule has 0 aliphatic rings. The first-order valence-corrected chi connectivity index (χ1v) is 6.44. The van der Waals surface area contributed by atoms with Crippen LogP contribution in [0.4, 0.5) is 5.69 Å². The summed E-state index contributed by atoms with van der Waals surface area (Å²) in [6.07, 6.45) is 1.53. The molecule has 0 saturated carbocycles. The molecule has 2 aromatic carbocycles. The van der Waals surface area contributed by atoms with Gasteiger partial charge in [0.1, 0.15) is 0 Å². The zero-order chi connectivity index (χ0) is 15.0. The zero-order valence-corrected chi connectivity index (χ0v) is 11.3. The van der Waals surface area contributed by atoms with Crippen molar-refractivity contribution in [3.05, 3.63) is 75.5 Å². The molecule has 0 amide bonds. The smallest absolute Gasteiger partial charge is 0.279 e. The van der Waals surface area contributed by atoms with Gasteiger partial charge in [-0.05, 0) is 19.1 Å². The number of rotatable bonds is 3. The number of aromatic nitrogens is 1. The molecule has 1 aromatic heterocycles. The number of aromatic amines is 1. The number of ketones is 1. The average molecular weight is 280 g/mol. The molecule has 0 atom stereocenters. The lowest BCUT2D eigenvalue weighted by Gasteiger charge is -2.02. The van der Waals surface area contributed by atoms with Crippen LogP contribution in [0.25, 0.3) is 10.9 Å². The number of aryl methyl sites for hydroxylation is 1. The summed E-state index contributed by atoms with van der Waals surface area (Å²) in [4.78, 5) is 26.2. The molecule has 0 bridgehead atoms. The van der Waals surface area contributed by atoms with Crippen LogP contribution in [0.15, 0.2) is 48.7 Å². The van der Waals surface area contributed by atoms with Gasteiger partial charge in [0.25, 0.3) is 5.69 Å². The van der Waals surface area contributed by atoms with Crippen molar-refractivity contribution in [2.75, 3.05) is 0 Å². The number of hydrogen-bond acceptors (Lipinski definition) is 3. The number of nitrogens with one attached hydrogen (secondary N) is 1. The van der Waals surface area contributed by atoms with E-state index in [1.807, 2.05) is 13.0 Å². The maximum atomic E-state index is 12.6. The summed E-state index contributed by atoms with van der Waals surface area (Å²) in [5.74, 6) is -0.223. The third-order valence-corrected chi connectivity index (χ3v) is 3.41. The van der Waals surface area contributed by atoms with Crippen molar-refractivity contribution in [1.82, 2.24) is 4.98 Å². The largest absolute Gasteiger partial charge is 0.360 e. The number of hydrogen-bond donors (Lipinski definition) is 1. The standard InChI is InChI=1S/C16H12N2O3/c1-10-4-2-5-11(8-10)16(19)12-9-17-13-6-3-7-14(15(12)13)18(20)21/h2-9,17H,1H3. The molecule has 5 heteroatoms. The second kappa shape index (κ2) is 4.86. The number of non-ortho nitro benzene ring substituents is 1. The number of carbonyl (C=O) groups excluding carboxylic acids is 1. The van der Waals surface area contributed by atoms with Gasteiger partial charge in [0.15, 0.2) is 5.78 Å². The Bertz CT molecular complexity index is 865. The Morgan fingerprint density at radius 3 is 2.67 bits per heavy atom. The minimum atomic E-state index is -0.469. The minimum Gasteiger partial charge on any atom is -0.360 e. The maximum Gasteiger partial charge on any atom is 0.279 e. The second-order valence-electron chi connectivity index (χ2n) is 4.86. The minimum absolute atomic E-state index is 0.0650. The summed E-state index contributed by atoms with van der Waals surface area (Å²) >= 11 is 0. The Morgan fingerprint density at radius 2 is 1.95 bits per heavy atom. The predicted molar refractivity (Wildman–Crippen MR) is 79.6 cm³/mol. The van der Waals surface area contributed by atoms with E-state index >= 15 is 0 Å². The lowest BCUT2D eigenvalue weighted by atomic mass is 10.0. The van der Waals surface area contributed by atoms with Gasteiger partial charge in [-0.25, -0.2) is 0 Å². The summed E-state index contributed by atoms with van der Waals surface area (Å²) in [5.41, 5.74) is 2.33. The maximum absolute atomic E-state index is 12.6. The predicted octanol–water partition coefficient (Wildman–Crippen LogP) is 3.62. The lowest BCUT2D eigenvalue weighted by molar-refractivity contribution is -0.383. The highest BCUT2D eigenvalue weighted by molar-refractivity contribution is 6.18. The van der Waals surface area contributed by atoms with Crippen LogP contribution < -0.4 is 0 Å². The lowest BCUT2D eigenvalue weighted by Crippen LogP contribution is -2.01. The van der Waals surface area contributed by atoms with Crippen LogP contribution in [-0.2, 0) is 0 Å². The summed E-state index contributed by atoms with van der Waals surface area (Å²) in [6, 6.07) is 11.9. The molecule has 0 fully saturated rings. The highest BCUT2D eigenvalue weighted by Gasteiger charge is 2.21. The van der Waals surface area contributed by atoms with E-state index in [2.05, 4.69) is 4.98 Å². The topological polar surface area (TPSA) is 76.0 Å². The highest BCUT2D eigenvalue weighted by atomic mass is 16.6. The quantitative estimate of drug-likeness (QED) is 0.452. The van der Waals surface area contributed by atoms with Gasteiger partial charge < -0.3 is 4.98 Å². The van der Waals surface area contributed by atoms with E-state index in [1.54, 1.807) is 30.3 Å². The van der Waals surface area contributed by atoms with E-state index in [0.29, 0.717) is 22.0 Å². The number of H-pyrrole nitrogens is 1. The van der Waals surface area contributed by atoms with Gasteiger partial charge in [-0.3, -0.25) is 14.9 Å². The van der Waals surface area contributed by atoms with Crippen molar-refractivity contribution in [1.29, 1.82) is 0 Å². The highest BCUT2D eigenvalue weighted by Crippen LogP contribution is 2.30. The number of nitro benzene ring substituents is 1. The molecule has 0 unspecified atom stereocenters. The van der Waals surface area contributed by atoms with Crippen molar-refractivity contribution in [3.63, 3.8) is 0 Å². The number of fused-ring (bicyclic) bond motifs is 1. The molecule has 1 N–H and O–H groups in total. The first-order valence-electron chi connectivity index (χ1n) is 6.44. The van der Waals surface area contributed by atoms with Crippen LogP contribution in [0.5, 0.6) is 0 Å². The van der Waals surface area contributed by atoms with E-state index in [1.165, 1.54) is 12.3 Å². The second-order valence-corrected chi connectivity index (χ2v) is 4.86. The average Bonchev–Trinajstić information content (AvgIpc) is 2.90. The molecule has 104 valence electrons. The Hall–Kier alpha value is -2.95. The molecule has 3 rings (SSSR count). The summed E-state index contributed by atoms with van der Waals surface area (Å²) in [7, 11) is 0. The third kappa shape index (κ3) is 2.18. The van der Waals surface area contributed by atoms with Crippen LogP contribution in [-0.4, -0.2) is 15.7 Å². The van der Waals surface area contributed by atoms with E-state index in [0.717, 1.165) is 5.56 Å². The van der Waals surface area contributed by atoms with Gasteiger partial charge in [-0.1, -0.05) is 29.8 Å². The molecule has 0 aliphatic carbocycles. The monoisotopic (exact) mass is 280 g/mol. The van der Waals surface area contributed by atoms with Gasteiger partial charge in [-0.15, -0.1) is 0 Å². The Morgan fingerprint density at radius 1 is 1.19 bits per heavy atom. The molecule has 0 aliphatic heterocycles. The molecule has 0 saturated heterocycles. The third-order valence-electron chi connectivity index (χ3n) is 3.41. The van der Waals surface area contributed by atoms with Crippen LogP contribution in [0.1, 0.15) is 21.5 Å². The van der Waals surface area contributed by atoms with Crippen molar-refractivity contribution < 1.29 is 9.72 Å². The van der Waals surface area contributed by atoms with Gasteiger partial charge in [0.05, 0.1) is 21.4 Å². The van der Waals surface area contributed by atoms with Gasteiger partial charge in [0.2, 0.25) is 0 Å². The van der Waals surface area contributed by atoms with E-state index in [4.69, 9.17) is 0 Å². The molecule has 1 heterocycles. The van der Waals surface area contributed by atoms with E-state index in [-0.39, 0.29) is 11.5 Å². The Labute approximate surface area is 120 Å². The summed E-state index contributed by atoms with van der Waals surface area (Å²) < 4.78 is 0. The fourth-order valence-corrected chi connectivity index (χ4v) is 2.44. The van der Waals surface area contributed by atoms with Gasteiger partial charge in [-0.2, -0.15) is 0 Å². The molecule has 0 radical (unpaired) electrons.